The number of methoxy groups -OCH3 is 1. The molecule has 8 nitrogen and oxygen atoms in total. The van der Waals surface area contributed by atoms with Gasteiger partial charge in [0.1, 0.15) is 11.8 Å². The maximum atomic E-state index is 12.2. The summed E-state index contributed by atoms with van der Waals surface area (Å²) < 4.78 is 16.5. The number of anilines is 1. The molecule has 9 heteroatoms. The quantitative estimate of drug-likeness (QED) is 0.763. The van der Waals surface area contributed by atoms with Crippen LogP contribution in [0.5, 0.6) is 5.88 Å². The van der Waals surface area contributed by atoms with Crippen molar-refractivity contribution in [1.82, 2.24) is 15.1 Å². The van der Waals surface area contributed by atoms with Crippen LogP contribution in [0.4, 0.5) is 5.13 Å². The molecule has 0 atom stereocenters. The Balaban J connectivity index is 1.70. The van der Waals surface area contributed by atoms with Gasteiger partial charge in [0, 0.05) is 25.5 Å². The summed E-state index contributed by atoms with van der Waals surface area (Å²) in [5.41, 5.74) is 1.99. The van der Waals surface area contributed by atoms with Crippen LogP contribution in [0.25, 0.3) is 10.2 Å². The molecule has 0 unspecified atom stereocenters. The van der Waals surface area contributed by atoms with Gasteiger partial charge in [0.2, 0.25) is 5.88 Å². The van der Waals surface area contributed by atoms with Gasteiger partial charge in [-0.25, -0.2) is 9.97 Å². The molecule has 0 spiro atoms. The van der Waals surface area contributed by atoms with Crippen molar-refractivity contribution >= 4 is 32.6 Å². The summed E-state index contributed by atoms with van der Waals surface area (Å²) in [6.45, 7) is 1.49. The van der Waals surface area contributed by atoms with E-state index in [0.717, 1.165) is 36.3 Å². The summed E-state index contributed by atoms with van der Waals surface area (Å²) in [5.74, 6) is 0.450. The molecular weight excluding hydrogens is 344 g/mol. The third kappa shape index (κ3) is 3.08. The first-order chi connectivity index (χ1) is 12.3. The number of amides is 1. The molecule has 130 valence electrons. The summed E-state index contributed by atoms with van der Waals surface area (Å²) in [6, 6.07) is 1.50. The number of carbonyl (C=O) groups is 1. The fraction of sp³-hybridized carbons (Fsp3) is 0.375. The number of aromatic nitrogens is 3. The second-order valence-electron chi connectivity index (χ2n) is 5.65. The number of carbonyl (C=O) groups excluding carboxylic acids is 1. The van der Waals surface area contributed by atoms with E-state index < -0.39 is 0 Å². The molecule has 0 aliphatic carbocycles. The Hall–Kier alpha value is -2.52. The normalized spacial score (nSPS) is 15.4. The number of hydrogen-bond donors (Lipinski definition) is 1. The molecular formula is C16H16N4O4S. The highest BCUT2D eigenvalue weighted by Gasteiger charge is 2.23. The molecule has 0 saturated carbocycles. The maximum Gasteiger partial charge on any atom is 0.279 e. The topological polar surface area (TPSA) is 99.4 Å². The van der Waals surface area contributed by atoms with Gasteiger partial charge in [-0.05, 0) is 24.3 Å². The Morgan fingerprint density at radius 3 is 2.96 bits per heavy atom. The third-order valence-electron chi connectivity index (χ3n) is 4.16. The van der Waals surface area contributed by atoms with Crippen LogP contribution in [0, 0.1) is 0 Å². The monoisotopic (exact) mass is 360 g/mol. The van der Waals surface area contributed by atoms with E-state index in [-0.39, 0.29) is 11.6 Å². The van der Waals surface area contributed by atoms with E-state index in [0.29, 0.717) is 22.4 Å². The standard InChI is InChI=1S/C16H16N4O4S/c1-22-15-12-13(10(8-17-15)9-2-5-23-6-3-9)25-16(18-12)19-14(21)11-4-7-24-20-11/h4,7-9H,2-3,5-6H2,1H3,(H,18,19,21). The summed E-state index contributed by atoms with van der Waals surface area (Å²) in [4.78, 5) is 21.0. The summed E-state index contributed by atoms with van der Waals surface area (Å²) >= 11 is 1.41. The number of thiazole rings is 1. The molecule has 0 radical (unpaired) electrons. The molecule has 3 aromatic rings. The maximum absolute atomic E-state index is 12.2. The van der Waals surface area contributed by atoms with Crippen molar-refractivity contribution in [3.8, 4) is 5.88 Å². The molecule has 25 heavy (non-hydrogen) atoms. The lowest BCUT2D eigenvalue weighted by Gasteiger charge is -2.22. The minimum atomic E-state index is -0.368. The van der Waals surface area contributed by atoms with Gasteiger partial charge in [-0.3, -0.25) is 10.1 Å². The zero-order valence-corrected chi connectivity index (χ0v) is 14.3. The number of fused-ring (bicyclic) bond motifs is 1. The van der Waals surface area contributed by atoms with Crippen molar-refractivity contribution < 1.29 is 18.8 Å². The van der Waals surface area contributed by atoms with E-state index in [2.05, 4.69) is 20.4 Å². The van der Waals surface area contributed by atoms with Crippen molar-refractivity contribution in [3.05, 3.63) is 29.8 Å². The first-order valence-corrected chi connectivity index (χ1v) is 8.71. The summed E-state index contributed by atoms with van der Waals surface area (Å²) in [7, 11) is 1.56. The smallest absolute Gasteiger partial charge is 0.279 e. The average Bonchev–Trinajstić information content (AvgIpc) is 3.31. The number of hydrogen-bond acceptors (Lipinski definition) is 8. The van der Waals surface area contributed by atoms with Gasteiger partial charge in [0.15, 0.2) is 10.8 Å². The molecule has 4 rings (SSSR count). The third-order valence-corrected chi connectivity index (χ3v) is 5.18. The molecule has 1 amide bonds. The van der Waals surface area contributed by atoms with E-state index in [9.17, 15) is 4.79 Å². The molecule has 0 bridgehead atoms. The Morgan fingerprint density at radius 1 is 1.40 bits per heavy atom. The molecule has 3 aromatic heterocycles. The van der Waals surface area contributed by atoms with E-state index in [4.69, 9.17) is 14.0 Å². The highest BCUT2D eigenvalue weighted by Crippen LogP contribution is 2.39. The van der Waals surface area contributed by atoms with Gasteiger partial charge in [0.05, 0.1) is 11.8 Å². The number of rotatable bonds is 4. The Bertz CT molecular complexity index is 887. The first kappa shape index (κ1) is 16.0. The van der Waals surface area contributed by atoms with E-state index in [1.165, 1.54) is 23.7 Å². The van der Waals surface area contributed by atoms with Crippen molar-refractivity contribution in [2.75, 3.05) is 25.6 Å². The fourth-order valence-corrected chi connectivity index (χ4v) is 3.94. The van der Waals surface area contributed by atoms with Gasteiger partial charge >= 0.3 is 0 Å². The summed E-state index contributed by atoms with van der Waals surface area (Å²) in [6.07, 6.45) is 5.09. The highest BCUT2D eigenvalue weighted by atomic mass is 32.1. The zero-order valence-electron chi connectivity index (χ0n) is 13.5. The van der Waals surface area contributed by atoms with Crippen LogP contribution in [0.3, 0.4) is 0 Å². The van der Waals surface area contributed by atoms with Gasteiger partial charge in [-0.2, -0.15) is 0 Å². The Kier molecular flexibility index (Phi) is 4.33. The largest absolute Gasteiger partial charge is 0.479 e. The van der Waals surface area contributed by atoms with Gasteiger partial charge in [-0.1, -0.05) is 16.5 Å². The van der Waals surface area contributed by atoms with Crippen molar-refractivity contribution in [1.29, 1.82) is 0 Å². The van der Waals surface area contributed by atoms with Gasteiger partial charge in [-0.15, -0.1) is 0 Å². The Morgan fingerprint density at radius 2 is 2.24 bits per heavy atom. The number of nitrogens with one attached hydrogen (secondary N) is 1. The van der Waals surface area contributed by atoms with Crippen LogP contribution in [0.1, 0.15) is 34.8 Å². The lowest BCUT2D eigenvalue weighted by molar-refractivity contribution is 0.0855. The lowest BCUT2D eigenvalue weighted by atomic mass is 9.93. The lowest BCUT2D eigenvalue weighted by Crippen LogP contribution is -2.14. The second kappa shape index (κ2) is 6.77. The van der Waals surface area contributed by atoms with E-state index in [1.807, 2.05) is 6.20 Å². The van der Waals surface area contributed by atoms with Crippen molar-refractivity contribution in [2.45, 2.75) is 18.8 Å². The molecule has 1 aliphatic rings. The summed E-state index contributed by atoms with van der Waals surface area (Å²) in [5, 5.41) is 6.86. The van der Waals surface area contributed by atoms with Crippen LogP contribution in [-0.2, 0) is 4.74 Å². The van der Waals surface area contributed by atoms with Gasteiger partial charge < -0.3 is 14.0 Å². The van der Waals surface area contributed by atoms with Crippen LogP contribution in [-0.4, -0.2) is 41.4 Å². The minimum Gasteiger partial charge on any atom is -0.479 e. The second-order valence-corrected chi connectivity index (χ2v) is 6.64. The van der Waals surface area contributed by atoms with Crippen molar-refractivity contribution in [3.63, 3.8) is 0 Å². The number of pyridine rings is 1. The van der Waals surface area contributed by atoms with E-state index in [1.54, 1.807) is 7.11 Å². The van der Waals surface area contributed by atoms with Crippen molar-refractivity contribution in [2.24, 2.45) is 0 Å². The minimum absolute atomic E-state index is 0.203. The SMILES string of the molecule is COc1ncc(C2CCOCC2)c2sc(NC(=O)c3ccon3)nc12. The number of nitrogens with zero attached hydrogens (tertiary/aromatic N) is 3. The predicted octanol–water partition coefficient (Wildman–Crippen LogP) is 2.83. The number of ether oxygens (including phenoxy) is 2. The van der Waals surface area contributed by atoms with Crippen LogP contribution >= 0.6 is 11.3 Å². The van der Waals surface area contributed by atoms with Crippen LogP contribution in [0.15, 0.2) is 23.0 Å². The fourth-order valence-electron chi connectivity index (χ4n) is 2.90. The molecule has 0 aromatic carbocycles. The highest BCUT2D eigenvalue weighted by molar-refractivity contribution is 7.22. The van der Waals surface area contributed by atoms with E-state index >= 15 is 0 Å². The van der Waals surface area contributed by atoms with Gasteiger partial charge in [0.25, 0.3) is 5.91 Å². The molecule has 1 N–H and O–H groups in total. The molecule has 1 saturated heterocycles. The molecule has 1 fully saturated rings. The molecule has 4 heterocycles. The van der Waals surface area contributed by atoms with Crippen LogP contribution in [0.2, 0.25) is 0 Å². The van der Waals surface area contributed by atoms with Crippen LogP contribution < -0.4 is 10.1 Å². The first-order valence-electron chi connectivity index (χ1n) is 7.89. The zero-order chi connectivity index (χ0) is 17.2. The average molecular weight is 360 g/mol. The molecule has 1 aliphatic heterocycles. The predicted molar refractivity (Wildman–Crippen MR) is 91.2 cm³/mol. The Labute approximate surface area is 147 Å².